The summed E-state index contributed by atoms with van der Waals surface area (Å²) in [6, 6.07) is 0. The lowest BCUT2D eigenvalue weighted by Gasteiger charge is -2.18. The van der Waals surface area contributed by atoms with Crippen LogP contribution in [0.4, 0.5) is 0 Å². The van der Waals surface area contributed by atoms with E-state index in [0.717, 1.165) is 55.8 Å². The molecule has 0 atom stereocenters. The third-order valence-corrected chi connectivity index (χ3v) is 4.69. The van der Waals surface area contributed by atoms with Crippen LogP contribution in [0.3, 0.4) is 0 Å². The molecule has 0 saturated heterocycles. The number of nitrogens with one attached hydrogen (secondary N) is 2. The molecular weight excluding hydrogens is 294 g/mol. The summed E-state index contributed by atoms with van der Waals surface area (Å²) in [7, 11) is 0. The number of aromatic nitrogens is 1. The first-order valence-electron chi connectivity index (χ1n) is 8.28. The Bertz CT molecular complexity index is 432. The Morgan fingerprint density at radius 1 is 1.18 bits per heavy atom. The lowest BCUT2D eigenvalue weighted by atomic mass is 10.3. The van der Waals surface area contributed by atoms with Gasteiger partial charge in [-0.25, -0.2) is 9.98 Å². The van der Waals surface area contributed by atoms with Gasteiger partial charge in [-0.1, -0.05) is 13.8 Å². The van der Waals surface area contributed by atoms with Crippen LogP contribution < -0.4 is 10.6 Å². The van der Waals surface area contributed by atoms with E-state index < -0.39 is 0 Å². The molecule has 1 aromatic heterocycles. The number of aryl methyl sites for hydroxylation is 2. The molecule has 126 valence electrons. The van der Waals surface area contributed by atoms with Crippen LogP contribution in [0.1, 0.15) is 42.8 Å². The molecule has 0 amide bonds. The molecule has 0 radical (unpaired) electrons. The van der Waals surface area contributed by atoms with Crippen molar-refractivity contribution < 1.29 is 0 Å². The van der Waals surface area contributed by atoms with Crippen molar-refractivity contribution in [1.82, 2.24) is 20.5 Å². The summed E-state index contributed by atoms with van der Waals surface area (Å²) in [6.07, 6.45) is 1.13. The molecule has 2 N–H and O–H groups in total. The monoisotopic (exact) mass is 325 g/mol. The lowest BCUT2D eigenvalue weighted by molar-refractivity contribution is 0.300. The number of aliphatic imine (C=N–C) groups is 1. The number of hydrogen-bond donors (Lipinski definition) is 2. The predicted octanol–water partition coefficient (Wildman–Crippen LogP) is 2.55. The largest absolute Gasteiger partial charge is 0.357 e. The summed E-state index contributed by atoms with van der Waals surface area (Å²) in [6.45, 7) is 16.5. The molecule has 1 rings (SSSR count). The van der Waals surface area contributed by atoms with Gasteiger partial charge in [-0.2, -0.15) is 0 Å². The zero-order chi connectivity index (χ0) is 16.4. The molecule has 5 nitrogen and oxygen atoms in total. The summed E-state index contributed by atoms with van der Waals surface area (Å²) in [5.74, 6) is 0.882. The number of nitrogens with zero attached hydrogens (tertiary/aromatic N) is 3. The highest BCUT2D eigenvalue weighted by Gasteiger charge is 2.04. The fraction of sp³-hybridized carbons (Fsp3) is 0.750. The second-order valence-corrected chi connectivity index (χ2v) is 6.54. The van der Waals surface area contributed by atoms with Crippen LogP contribution >= 0.6 is 11.3 Å². The number of rotatable bonds is 9. The minimum absolute atomic E-state index is 0.644. The average Bonchev–Trinajstić information content (AvgIpc) is 2.83. The Morgan fingerprint density at radius 2 is 1.91 bits per heavy atom. The van der Waals surface area contributed by atoms with Crippen molar-refractivity contribution in [3.8, 4) is 0 Å². The molecular formula is C16H31N5S. The Morgan fingerprint density at radius 3 is 2.45 bits per heavy atom. The number of guanidine groups is 1. The van der Waals surface area contributed by atoms with Crippen LogP contribution in [-0.2, 0) is 6.54 Å². The zero-order valence-electron chi connectivity index (χ0n) is 14.7. The minimum Gasteiger partial charge on any atom is -0.357 e. The van der Waals surface area contributed by atoms with Crippen LogP contribution in [0, 0.1) is 13.8 Å². The highest BCUT2D eigenvalue weighted by atomic mass is 32.1. The predicted molar refractivity (Wildman–Crippen MR) is 96.8 cm³/mol. The van der Waals surface area contributed by atoms with E-state index in [4.69, 9.17) is 0 Å². The highest BCUT2D eigenvalue weighted by molar-refractivity contribution is 7.11. The minimum atomic E-state index is 0.644. The SMILES string of the molecule is CCNC(=NCc1nc(C)c(C)s1)NCCCN(CC)CC. The van der Waals surface area contributed by atoms with Gasteiger partial charge < -0.3 is 15.5 Å². The van der Waals surface area contributed by atoms with Crippen molar-refractivity contribution in [3.05, 3.63) is 15.6 Å². The summed E-state index contributed by atoms with van der Waals surface area (Å²) in [4.78, 5) is 12.9. The van der Waals surface area contributed by atoms with Crippen molar-refractivity contribution in [1.29, 1.82) is 0 Å². The second kappa shape index (κ2) is 10.6. The lowest BCUT2D eigenvalue weighted by Crippen LogP contribution is -2.38. The number of thiazole rings is 1. The van der Waals surface area contributed by atoms with Gasteiger partial charge in [0.25, 0.3) is 0 Å². The molecule has 0 aromatic carbocycles. The topological polar surface area (TPSA) is 52.6 Å². The first-order valence-corrected chi connectivity index (χ1v) is 9.09. The molecule has 1 heterocycles. The van der Waals surface area contributed by atoms with Gasteiger partial charge in [-0.15, -0.1) is 11.3 Å². The van der Waals surface area contributed by atoms with E-state index in [-0.39, 0.29) is 0 Å². The quantitative estimate of drug-likeness (QED) is 0.416. The average molecular weight is 326 g/mol. The first kappa shape index (κ1) is 18.9. The zero-order valence-corrected chi connectivity index (χ0v) is 15.5. The fourth-order valence-electron chi connectivity index (χ4n) is 2.14. The summed E-state index contributed by atoms with van der Waals surface area (Å²) < 4.78 is 0. The maximum atomic E-state index is 4.62. The van der Waals surface area contributed by atoms with Gasteiger partial charge in [0.05, 0.1) is 12.2 Å². The Labute approximate surface area is 139 Å². The van der Waals surface area contributed by atoms with Crippen molar-refractivity contribution in [2.75, 3.05) is 32.7 Å². The van der Waals surface area contributed by atoms with Crippen molar-refractivity contribution >= 4 is 17.3 Å². The third-order valence-electron chi connectivity index (χ3n) is 3.63. The standard InChI is InChI=1S/C16H31N5S/c1-6-17-16(18-10-9-11-21(7-2)8-3)19-12-15-20-13(4)14(5)22-15/h6-12H2,1-5H3,(H2,17,18,19). The van der Waals surface area contributed by atoms with Gasteiger partial charge in [-0.05, 0) is 46.8 Å². The van der Waals surface area contributed by atoms with Crippen LogP contribution in [-0.4, -0.2) is 48.6 Å². The highest BCUT2D eigenvalue weighted by Crippen LogP contribution is 2.16. The van der Waals surface area contributed by atoms with Crippen LogP contribution in [0.15, 0.2) is 4.99 Å². The van der Waals surface area contributed by atoms with E-state index in [1.54, 1.807) is 11.3 Å². The molecule has 0 aliphatic carbocycles. The maximum Gasteiger partial charge on any atom is 0.191 e. The molecule has 0 spiro atoms. The maximum absolute atomic E-state index is 4.62. The number of hydrogen-bond acceptors (Lipinski definition) is 4. The molecule has 0 fully saturated rings. The summed E-state index contributed by atoms with van der Waals surface area (Å²) in [5.41, 5.74) is 1.12. The van der Waals surface area contributed by atoms with E-state index in [9.17, 15) is 0 Å². The molecule has 22 heavy (non-hydrogen) atoms. The molecule has 0 unspecified atom stereocenters. The van der Waals surface area contributed by atoms with Gasteiger partial charge >= 0.3 is 0 Å². The van der Waals surface area contributed by atoms with E-state index in [0.29, 0.717) is 6.54 Å². The van der Waals surface area contributed by atoms with E-state index >= 15 is 0 Å². The second-order valence-electron chi connectivity index (χ2n) is 5.25. The van der Waals surface area contributed by atoms with Crippen LogP contribution in [0.2, 0.25) is 0 Å². The molecule has 6 heteroatoms. The smallest absolute Gasteiger partial charge is 0.191 e. The van der Waals surface area contributed by atoms with Gasteiger partial charge in [0.15, 0.2) is 5.96 Å². The van der Waals surface area contributed by atoms with Crippen molar-refractivity contribution in [2.45, 2.75) is 47.6 Å². The molecule has 1 aromatic rings. The Kier molecular flexibility index (Phi) is 9.08. The third kappa shape index (κ3) is 6.75. The van der Waals surface area contributed by atoms with Gasteiger partial charge in [0, 0.05) is 18.0 Å². The Hall–Kier alpha value is -1.14. The molecule has 0 aliphatic rings. The van der Waals surface area contributed by atoms with Crippen molar-refractivity contribution in [3.63, 3.8) is 0 Å². The Balaban J connectivity index is 2.41. The molecule has 0 saturated carbocycles. The van der Waals surface area contributed by atoms with Gasteiger partial charge in [0.2, 0.25) is 0 Å². The van der Waals surface area contributed by atoms with Gasteiger partial charge in [0.1, 0.15) is 5.01 Å². The van der Waals surface area contributed by atoms with Crippen LogP contribution in [0.25, 0.3) is 0 Å². The summed E-state index contributed by atoms with van der Waals surface area (Å²) in [5, 5.41) is 7.78. The van der Waals surface area contributed by atoms with Crippen LogP contribution in [0.5, 0.6) is 0 Å². The fourth-order valence-corrected chi connectivity index (χ4v) is 3.00. The van der Waals surface area contributed by atoms with E-state index in [1.807, 2.05) is 0 Å². The van der Waals surface area contributed by atoms with E-state index in [1.165, 1.54) is 4.88 Å². The normalized spacial score (nSPS) is 12.0. The molecule has 0 aliphatic heterocycles. The first-order chi connectivity index (χ1) is 10.6. The van der Waals surface area contributed by atoms with E-state index in [2.05, 4.69) is 60.1 Å². The summed E-state index contributed by atoms with van der Waals surface area (Å²) >= 11 is 1.73. The van der Waals surface area contributed by atoms with Crippen molar-refractivity contribution in [2.24, 2.45) is 4.99 Å². The van der Waals surface area contributed by atoms with Gasteiger partial charge in [-0.3, -0.25) is 0 Å². The molecule has 0 bridgehead atoms.